The number of aryl methyl sites for hydroxylation is 1. The fourth-order valence-electron chi connectivity index (χ4n) is 3.50. The lowest BCUT2D eigenvalue weighted by molar-refractivity contribution is -0.137. The minimum absolute atomic E-state index is 0.163. The summed E-state index contributed by atoms with van der Waals surface area (Å²) in [5, 5.41) is 8.80. The zero-order valence-corrected chi connectivity index (χ0v) is 13.8. The summed E-state index contributed by atoms with van der Waals surface area (Å²) in [5.41, 5.74) is 0. The first-order valence-corrected chi connectivity index (χ1v) is 8.93. The standard InChI is InChI=1S/C17H23NO3S/c1-11-4-6-15(22-11)13-9-14(13)17(21)18-8-2-3-12(10-18)5-7-16(19)20/h4,6,12-14H,2-3,5,7-10H2,1H3,(H,19,20)/t12-,13-,14-/m1/s1. The summed E-state index contributed by atoms with van der Waals surface area (Å²) in [6, 6.07) is 4.28. The molecule has 120 valence electrons. The van der Waals surface area contributed by atoms with E-state index in [2.05, 4.69) is 19.1 Å². The van der Waals surface area contributed by atoms with E-state index < -0.39 is 5.97 Å². The zero-order valence-electron chi connectivity index (χ0n) is 13.0. The molecule has 2 heterocycles. The highest BCUT2D eigenvalue weighted by Crippen LogP contribution is 2.50. The fourth-order valence-corrected chi connectivity index (χ4v) is 4.55. The molecule has 0 bridgehead atoms. The third kappa shape index (κ3) is 3.51. The molecule has 4 nitrogen and oxygen atoms in total. The van der Waals surface area contributed by atoms with Gasteiger partial charge in [-0.05, 0) is 50.7 Å². The maximum atomic E-state index is 12.6. The van der Waals surface area contributed by atoms with Crippen molar-refractivity contribution in [3.8, 4) is 0 Å². The van der Waals surface area contributed by atoms with Gasteiger partial charge in [0, 0.05) is 41.1 Å². The first-order valence-electron chi connectivity index (χ1n) is 8.11. The molecule has 3 rings (SSSR count). The molecular weight excluding hydrogens is 298 g/mol. The third-order valence-electron chi connectivity index (χ3n) is 4.83. The number of thiophene rings is 1. The number of nitrogens with zero attached hydrogens (tertiary/aromatic N) is 1. The summed E-state index contributed by atoms with van der Waals surface area (Å²) in [7, 11) is 0. The van der Waals surface area contributed by atoms with Crippen LogP contribution in [0.5, 0.6) is 0 Å². The predicted octanol–water partition coefficient (Wildman–Crippen LogP) is 3.26. The highest BCUT2D eigenvalue weighted by molar-refractivity contribution is 7.12. The molecule has 1 aliphatic heterocycles. The molecule has 22 heavy (non-hydrogen) atoms. The Balaban J connectivity index is 1.53. The maximum absolute atomic E-state index is 12.6. The van der Waals surface area contributed by atoms with Crippen LogP contribution in [0.3, 0.4) is 0 Å². The molecule has 2 fully saturated rings. The van der Waals surface area contributed by atoms with Gasteiger partial charge in [-0.25, -0.2) is 0 Å². The number of carboxylic acids is 1. The zero-order chi connectivity index (χ0) is 15.7. The normalized spacial score (nSPS) is 27.7. The van der Waals surface area contributed by atoms with E-state index in [1.807, 2.05) is 4.90 Å². The van der Waals surface area contributed by atoms with Crippen LogP contribution in [0.15, 0.2) is 12.1 Å². The number of carbonyl (C=O) groups is 2. The Kier molecular flexibility index (Phi) is 4.52. The second-order valence-electron chi connectivity index (χ2n) is 6.62. The predicted molar refractivity (Wildman–Crippen MR) is 86.1 cm³/mol. The van der Waals surface area contributed by atoms with Crippen LogP contribution in [0.2, 0.25) is 0 Å². The second kappa shape index (κ2) is 6.41. The van der Waals surface area contributed by atoms with Crippen LogP contribution in [-0.2, 0) is 9.59 Å². The number of likely N-dealkylation sites (tertiary alicyclic amines) is 1. The van der Waals surface area contributed by atoms with Gasteiger partial charge in [-0.15, -0.1) is 11.3 Å². The second-order valence-corrected chi connectivity index (χ2v) is 7.94. The Hall–Kier alpha value is -1.36. The molecule has 0 aromatic carbocycles. The van der Waals surface area contributed by atoms with Crippen molar-refractivity contribution in [3.63, 3.8) is 0 Å². The summed E-state index contributed by atoms with van der Waals surface area (Å²) in [5.74, 6) is 0.492. The number of carbonyl (C=O) groups excluding carboxylic acids is 1. The van der Waals surface area contributed by atoms with Gasteiger partial charge in [0.15, 0.2) is 0 Å². The van der Waals surface area contributed by atoms with E-state index in [0.29, 0.717) is 18.3 Å². The van der Waals surface area contributed by atoms with Gasteiger partial charge in [0.1, 0.15) is 0 Å². The summed E-state index contributed by atoms with van der Waals surface area (Å²) in [6.07, 6.45) is 3.94. The molecule has 1 saturated heterocycles. The largest absolute Gasteiger partial charge is 0.481 e. The molecule has 3 atom stereocenters. The van der Waals surface area contributed by atoms with Crippen LogP contribution in [0.4, 0.5) is 0 Å². The molecule has 1 saturated carbocycles. The van der Waals surface area contributed by atoms with Gasteiger partial charge in [-0.3, -0.25) is 9.59 Å². The van der Waals surface area contributed by atoms with Crippen molar-refractivity contribution in [3.05, 3.63) is 21.9 Å². The van der Waals surface area contributed by atoms with Crippen molar-refractivity contribution >= 4 is 23.2 Å². The number of aliphatic carboxylic acids is 1. The van der Waals surface area contributed by atoms with Crippen molar-refractivity contribution in [1.82, 2.24) is 4.90 Å². The molecule has 2 aliphatic rings. The van der Waals surface area contributed by atoms with E-state index in [-0.39, 0.29) is 18.2 Å². The number of hydrogen-bond donors (Lipinski definition) is 1. The minimum Gasteiger partial charge on any atom is -0.481 e. The van der Waals surface area contributed by atoms with Crippen LogP contribution in [-0.4, -0.2) is 35.0 Å². The van der Waals surface area contributed by atoms with E-state index in [1.54, 1.807) is 11.3 Å². The average molecular weight is 321 g/mol. The minimum atomic E-state index is -0.737. The van der Waals surface area contributed by atoms with Crippen LogP contribution in [0.1, 0.15) is 47.8 Å². The lowest BCUT2D eigenvalue weighted by Crippen LogP contribution is -2.41. The van der Waals surface area contributed by atoms with Crippen molar-refractivity contribution in [1.29, 1.82) is 0 Å². The number of piperidine rings is 1. The molecule has 0 unspecified atom stereocenters. The number of amides is 1. The molecule has 5 heteroatoms. The number of carboxylic acid groups (broad SMARTS) is 1. The SMILES string of the molecule is Cc1ccc([C@@H]2C[C@H]2C(=O)N2CCC[C@H](CCC(=O)O)C2)s1. The molecular formula is C17H23NO3S. The fraction of sp³-hybridized carbons (Fsp3) is 0.647. The molecule has 1 N–H and O–H groups in total. The Labute approximate surface area is 135 Å². The smallest absolute Gasteiger partial charge is 0.303 e. The van der Waals surface area contributed by atoms with Crippen LogP contribution in [0, 0.1) is 18.8 Å². The van der Waals surface area contributed by atoms with Gasteiger partial charge < -0.3 is 10.0 Å². The highest BCUT2D eigenvalue weighted by Gasteiger charge is 2.46. The van der Waals surface area contributed by atoms with Gasteiger partial charge in [-0.1, -0.05) is 0 Å². The van der Waals surface area contributed by atoms with Crippen molar-refractivity contribution < 1.29 is 14.7 Å². The van der Waals surface area contributed by atoms with Crippen LogP contribution >= 0.6 is 11.3 Å². The highest BCUT2D eigenvalue weighted by atomic mass is 32.1. The van der Waals surface area contributed by atoms with E-state index in [4.69, 9.17) is 5.11 Å². The molecule has 1 aromatic heterocycles. The first-order chi connectivity index (χ1) is 10.5. The molecule has 0 radical (unpaired) electrons. The number of hydrogen-bond acceptors (Lipinski definition) is 3. The lowest BCUT2D eigenvalue weighted by Gasteiger charge is -2.33. The average Bonchev–Trinajstić information content (AvgIpc) is 3.19. The van der Waals surface area contributed by atoms with E-state index in [1.165, 1.54) is 9.75 Å². The van der Waals surface area contributed by atoms with Crippen molar-refractivity contribution in [2.24, 2.45) is 11.8 Å². The Morgan fingerprint density at radius 3 is 2.91 bits per heavy atom. The summed E-state index contributed by atoms with van der Waals surface area (Å²) >= 11 is 1.80. The summed E-state index contributed by atoms with van der Waals surface area (Å²) in [6.45, 7) is 3.69. The summed E-state index contributed by atoms with van der Waals surface area (Å²) < 4.78 is 0. The maximum Gasteiger partial charge on any atom is 0.303 e. The lowest BCUT2D eigenvalue weighted by atomic mass is 9.93. The van der Waals surface area contributed by atoms with E-state index in [9.17, 15) is 9.59 Å². The van der Waals surface area contributed by atoms with Crippen LogP contribution < -0.4 is 0 Å². The van der Waals surface area contributed by atoms with Gasteiger partial charge in [-0.2, -0.15) is 0 Å². The van der Waals surface area contributed by atoms with E-state index >= 15 is 0 Å². The number of rotatable bonds is 5. The summed E-state index contributed by atoms with van der Waals surface area (Å²) in [4.78, 5) is 28.0. The van der Waals surface area contributed by atoms with Gasteiger partial charge in [0.05, 0.1) is 0 Å². The first kappa shape index (κ1) is 15.5. The van der Waals surface area contributed by atoms with Crippen molar-refractivity contribution in [2.45, 2.75) is 44.9 Å². The molecule has 1 aromatic rings. The van der Waals surface area contributed by atoms with Crippen molar-refractivity contribution in [2.75, 3.05) is 13.1 Å². The quantitative estimate of drug-likeness (QED) is 0.905. The Morgan fingerprint density at radius 2 is 2.23 bits per heavy atom. The van der Waals surface area contributed by atoms with Crippen LogP contribution in [0.25, 0.3) is 0 Å². The Bertz CT molecular complexity index is 568. The monoisotopic (exact) mass is 321 g/mol. The van der Waals surface area contributed by atoms with Gasteiger partial charge in [0.2, 0.25) is 5.91 Å². The molecule has 0 spiro atoms. The molecule has 1 amide bonds. The Morgan fingerprint density at radius 1 is 1.41 bits per heavy atom. The van der Waals surface area contributed by atoms with Gasteiger partial charge >= 0.3 is 5.97 Å². The topological polar surface area (TPSA) is 57.6 Å². The third-order valence-corrected chi connectivity index (χ3v) is 5.96. The van der Waals surface area contributed by atoms with E-state index in [0.717, 1.165) is 32.4 Å². The molecule has 1 aliphatic carbocycles. The van der Waals surface area contributed by atoms with Gasteiger partial charge in [0.25, 0.3) is 0 Å².